The molecule has 134 valence electrons. The topological polar surface area (TPSA) is 106 Å². The highest BCUT2D eigenvalue weighted by atomic mass is 19.1. The Bertz CT molecular complexity index is 1000. The second-order valence-electron chi connectivity index (χ2n) is 6.09. The second-order valence-corrected chi connectivity index (χ2v) is 6.09. The van der Waals surface area contributed by atoms with Crippen LogP contribution in [0.25, 0.3) is 11.0 Å². The van der Waals surface area contributed by atoms with Gasteiger partial charge in [0.2, 0.25) is 5.78 Å². The predicted octanol–water partition coefficient (Wildman–Crippen LogP) is 2.11. The van der Waals surface area contributed by atoms with E-state index in [4.69, 9.17) is 10.5 Å². The molecule has 7 nitrogen and oxygen atoms in total. The van der Waals surface area contributed by atoms with Crippen molar-refractivity contribution in [3.05, 3.63) is 47.4 Å². The van der Waals surface area contributed by atoms with E-state index in [0.717, 1.165) is 12.1 Å². The van der Waals surface area contributed by atoms with Crippen molar-refractivity contribution < 1.29 is 18.3 Å². The third-order valence-electron chi connectivity index (χ3n) is 4.33. The quantitative estimate of drug-likeness (QED) is 0.476. The van der Waals surface area contributed by atoms with Crippen LogP contribution in [0.3, 0.4) is 0 Å². The van der Waals surface area contributed by atoms with Crippen LogP contribution in [0.2, 0.25) is 0 Å². The number of fused-ring (bicyclic) bond motifs is 1. The van der Waals surface area contributed by atoms with Crippen LogP contribution >= 0.6 is 0 Å². The van der Waals surface area contributed by atoms with Gasteiger partial charge < -0.3 is 20.8 Å². The summed E-state index contributed by atoms with van der Waals surface area (Å²) in [5.74, 6) is -2.13. The first-order valence-corrected chi connectivity index (χ1v) is 7.98. The lowest BCUT2D eigenvalue weighted by Crippen LogP contribution is -2.33. The number of benzene rings is 1. The van der Waals surface area contributed by atoms with Crippen LogP contribution < -0.4 is 11.1 Å². The molecule has 1 fully saturated rings. The zero-order valence-electron chi connectivity index (χ0n) is 13.6. The van der Waals surface area contributed by atoms with Gasteiger partial charge in [-0.25, -0.2) is 18.7 Å². The van der Waals surface area contributed by atoms with Gasteiger partial charge in [-0.15, -0.1) is 0 Å². The van der Waals surface area contributed by atoms with Crippen molar-refractivity contribution in [2.45, 2.75) is 0 Å². The Hall–Kier alpha value is -3.07. The number of nitrogens with zero attached hydrogens (tertiary/aromatic N) is 2. The van der Waals surface area contributed by atoms with Gasteiger partial charge in [0.15, 0.2) is 5.82 Å². The number of carbonyl (C=O) groups excluding carboxylic acids is 1. The van der Waals surface area contributed by atoms with Crippen LogP contribution in [-0.2, 0) is 4.74 Å². The Labute approximate surface area is 146 Å². The largest absolute Gasteiger partial charge is 0.396 e. The molecule has 1 aliphatic heterocycles. The minimum atomic E-state index is -1.08. The first-order valence-electron chi connectivity index (χ1n) is 7.98. The van der Waals surface area contributed by atoms with E-state index >= 15 is 0 Å². The molecule has 9 heteroatoms. The average molecular weight is 359 g/mol. The van der Waals surface area contributed by atoms with Crippen LogP contribution in [-0.4, -0.2) is 40.5 Å². The molecule has 26 heavy (non-hydrogen) atoms. The fraction of sp³-hybridized carbons (Fsp3) is 0.235. The normalized spacial score (nSPS) is 14.4. The number of carbonyl (C=O) groups is 1. The van der Waals surface area contributed by atoms with Gasteiger partial charge in [-0.05, 0) is 12.1 Å². The zero-order valence-corrected chi connectivity index (χ0v) is 13.6. The molecule has 0 aliphatic carbocycles. The Morgan fingerprint density at radius 1 is 1.35 bits per heavy atom. The lowest BCUT2D eigenvalue weighted by molar-refractivity contribution is -0.0248. The fourth-order valence-electron chi connectivity index (χ4n) is 2.83. The number of hydrogen-bond acceptors (Lipinski definition) is 6. The van der Waals surface area contributed by atoms with Crippen LogP contribution in [0.5, 0.6) is 0 Å². The molecule has 2 aromatic heterocycles. The molecule has 4 N–H and O–H groups in total. The SMILES string of the molecule is Nc1ccc(F)c(C(=O)c2c[nH]c3ncnc(NCC4COC4)c23)c1F. The van der Waals surface area contributed by atoms with E-state index in [-0.39, 0.29) is 11.3 Å². The molecule has 3 aromatic rings. The summed E-state index contributed by atoms with van der Waals surface area (Å²) < 4.78 is 33.5. The van der Waals surface area contributed by atoms with Crippen molar-refractivity contribution in [1.29, 1.82) is 0 Å². The maximum atomic E-state index is 14.3. The molecule has 3 heterocycles. The molecule has 0 saturated carbocycles. The Morgan fingerprint density at radius 3 is 2.88 bits per heavy atom. The molecular formula is C17H15F2N5O2. The summed E-state index contributed by atoms with van der Waals surface area (Å²) in [5.41, 5.74) is 4.93. The summed E-state index contributed by atoms with van der Waals surface area (Å²) in [6, 6.07) is 2.04. The average Bonchev–Trinajstić information content (AvgIpc) is 3.02. The first-order chi connectivity index (χ1) is 12.6. The molecular weight excluding hydrogens is 344 g/mol. The Balaban J connectivity index is 1.77. The zero-order chi connectivity index (χ0) is 18.3. The number of aromatic nitrogens is 3. The van der Waals surface area contributed by atoms with Crippen LogP contribution in [0.1, 0.15) is 15.9 Å². The van der Waals surface area contributed by atoms with Gasteiger partial charge in [0.1, 0.15) is 23.6 Å². The van der Waals surface area contributed by atoms with Crippen molar-refractivity contribution in [2.75, 3.05) is 30.8 Å². The Morgan fingerprint density at radius 2 is 2.15 bits per heavy atom. The third kappa shape index (κ3) is 2.66. The van der Waals surface area contributed by atoms with Crippen molar-refractivity contribution in [3.8, 4) is 0 Å². The maximum Gasteiger partial charge on any atom is 0.201 e. The van der Waals surface area contributed by atoms with E-state index in [9.17, 15) is 13.6 Å². The van der Waals surface area contributed by atoms with E-state index in [0.29, 0.717) is 42.5 Å². The molecule has 0 atom stereocenters. The number of anilines is 2. The van der Waals surface area contributed by atoms with E-state index in [1.165, 1.54) is 12.5 Å². The molecule has 1 aromatic carbocycles. The number of rotatable bonds is 5. The monoisotopic (exact) mass is 359 g/mol. The number of ether oxygens (including phenoxy) is 1. The number of nitrogens with two attached hydrogens (primary N) is 1. The highest BCUT2D eigenvalue weighted by Crippen LogP contribution is 2.29. The minimum Gasteiger partial charge on any atom is -0.396 e. The van der Waals surface area contributed by atoms with Gasteiger partial charge in [-0.1, -0.05) is 0 Å². The summed E-state index contributed by atoms with van der Waals surface area (Å²) in [6.07, 6.45) is 2.70. The molecule has 0 unspecified atom stereocenters. The number of nitrogens with one attached hydrogen (secondary N) is 2. The summed E-state index contributed by atoms with van der Waals surface area (Å²) in [6.45, 7) is 1.91. The summed E-state index contributed by atoms with van der Waals surface area (Å²) in [7, 11) is 0. The van der Waals surface area contributed by atoms with Gasteiger partial charge in [0, 0.05) is 18.7 Å². The standard InChI is InChI=1S/C17H15F2N5O2/c18-10-1-2-11(20)14(19)13(10)15(25)9-4-22-17-12(9)16(23-7-24-17)21-3-8-5-26-6-8/h1-2,4,7-8H,3,5-6,20H2,(H2,21,22,23,24). The van der Waals surface area contributed by atoms with Crippen LogP contribution in [0, 0.1) is 17.6 Å². The van der Waals surface area contributed by atoms with Gasteiger partial charge in [0.25, 0.3) is 0 Å². The molecule has 0 spiro atoms. The lowest BCUT2D eigenvalue weighted by Gasteiger charge is -2.26. The fourth-order valence-corrected chi connectivity index (χ4v) is 2.83. The van der Waals surface area contributed by atoms with Crippen molar-refractivity contribution >= 4 is 28.3 Å². The molecule has 0 amide bonds. The number of nitrogen functional groups attached to an aromatic ring is 1. The maximum absolute atomic E-state index is 14.3. The van der Waals surface area contributed by atoms with Gasteiger partial charge in [-0.3, -0.25) is 4.79 Å². The second kappa shape index (κ2) is 6.34. The molecule has 1 aliphatic rings. The summed E-state index contributed by atoms with van der Waals surface area (Å²) >= 11 is 0. The van der Waals surface area contributed by atoms with E-state index in [1.54, 1.807) is 0 Å². The smallest absolute Gasteiger partial charge is 0.201 e. The Kier molecular flexibility index (Phi) is 4.00. The molecule has 0 radical (unpaired) electrons. The number of H-pyrrole nitrogens is 1. The van der Waals surface area contributed by atoms with Gasteiger partial charge in [0.05, 0.1) is 35.4 Å². The minimum absolute atomic E-state index is 0.0661. The molecule has 4 rings (SSSR count). The van der Waals surface area contributed by atoms with Crippen LogP contribution in [0.15, 0.2) is 24.7 Å². The number of hydrogen-bond donors (Lipinski definition) is 3. The summed E-state index contributed by atoms with van der Waals surface area (Å²) in [5, 5.41) is 3.52. The van der Waals surface area contributed by atoms with Crippen LogP contribution in [0.4, 0.5) is 20.3 Å². The number of ketones is 1. The van der Waals surface area contributed by atoms with E-state index < -0.39 is 23.0 Å². The molecule has 1 saturated heterocycles. The highest BCUT2D eigenvalue weighted by Gasteiger charge is 2.26. The first kappa shape index (κ1) is 16.4. The van der Waals surface area contributed by atoms with Gasteiger partial charge in [-0.2, -0.15) is 0 Å². The van der Waals surface area contributed by atoms with Gasteiger partial charge >= 0.3 is 0 Å². The lowest BCUT2D eigenvalue weighted by atomic mass is 10.0. The van der Waals surface area contributed by atoms with Crippen molar-refractivity contribution in [3.63, 3.8) is 0 Å². The predicted molar refractivity (Wildman–Crippen MR) is 90.9 cm³/mol. The number of halogens is 2. The summed E-state index contributed by atoms with van der Waals surface area (Å²) in [4.78, 5) is 23.9. The molecule has 0 bridgehead atoms. The third-order valence-corrected chi connectivity index (χ3v) is 4.33. The highest BCUT2D eigenvalue weighted by molar-refractivity contribution is 6.18. The van der Waals surface area contributed by atoms with E-state index in [2.05, 4.69) is 20.3 Å². The van der Waals surface area contributed by atoms with Crippen molar-refractivity contribution in [2.24, 2.45) is 5.92 Å². The van der Waals surface area contributed by atoms with Crippen molar-refractivity contribution in [1.82, 2.24) is 15.0 Å². The van der Waals surface area contributed by atoms with E-state index in [1.807, 2.05) is 0 Å². The number of aromatic amines is 1.